The summed E-state index contributed by atoms with van der Waals surface area (Å²) in [5, 5.41) is 3.54. The van der Waals surface area contributed by atoms with Gasteiger partial charge in [0, 0.05) is 17.7 Å². The Kier molecular flexibility index (Phi) is 4.06. The number of anilines is 1. The fraction of sp³-hybridized carbons (Fsp3) is 0.185. The first-order valence-corrected chi connectivity index (χ1v) is 10.8. The molecule has 31 heavy (non-hydrogen) atoms. The summed E-state index contributed by atoms with van der Waals surface area (Å²) in [5.74, 6) is 1.22. The molecule has 1 aromatic heterocycles. The van der Waals surface area contributed by atoms with E-state index in [1.165, 1.54) is 11.1 Å². The van der Waals surface area contributed by atoms with Crippen molar-refractivity contribution in [3.05, 3.63) is 107 Å². The van der Waals surface area contributed by atoms with Crippen LogP contribution in [0.3, 0.4) is 0 Å². The number of aromatic nitrogens is 2. The highest BCUT2D eigenvalue weighted by Crippen LogP contribution is 2.45. The van der Waals surface area contributed by atoms with Gasteiger partial charge in [0.2, 0.25) is 5.95 Å². The normalized spacial score (nSPS) is 20.4. The number of benzene rings is 3. The molecule has 0 radical (unpaired) electrons. The highest BCUT2D eigenvalue weighted by Gasteiger charge is 2.39. The van der Waals surface area contributed by atoms with Gasteiger partial charge in [-0.3, -0.25) is 9.36 Å². The van der Waals surface area contributed by atoms with E-state index in [9.17, 15) is 4.79 Å². The zero-order valence-corrected chi connectivity index (χ0v) is 17.4. The van der Waals surface area contributed by atoms with Crippen molar-refractivity contribution in [1.82, 2.24) is 9.55 Å². The topological polar surface area (TPSA) is 46.9 Å². The molecule has 0 unspecified atom stereocenters. The average molecular weight is 406 g/mol. The van der Waals surface area contributed by atoms with Crippen molar-refractivity contribution in [1.29, 1.82) is 0 Å². The molecule has 4 aromatic rings. The van der Waals surface area contributed by atoms with Crippen LogP contribution in [0.4, 0.5) is 5.95 Å². The zero-order chi connectivity index (χ0) is 20.9. The first kappa shape index (κ1) is 18.1. The zero-order valence-electron chi connectivity index (χ0n) is 17.4. The number of fused-ring (bicyclic) bond motifs is 3. The molecular formula is C27H23N3O. The fourth-order valence-electron chi connectivity index (χ4n) is 5.05. The molecule has 2 aliphatic rings. The van der Waals surface area contributed by atoms with Gasteiger partial charge in [0.1, 0.15) is 0 Å². The van der Waals surface area contributed by atoms with Crippen molar-refractivity contribution in [2.75, 3.05) is 5.32 Å². The number of para-hydroxylation sites is 2. The Bertz CT molecular complexity index is 1330. The van der Waals surface area contributed by atoms with Crippen LogP contribution in [-0.2, 0) is 4.79 Å². The van der Waals surface area contributed by atoms with E-state index in [0.29, 0.717) is 6.42 Å². The Morgan fingerprint density at radius 1 is 0.871 bits per heavy atom. The maximum Gasteiger partial charge on any atom is 0.209 e. The molecule has 0 saturated carbocycles. The number of allylic oxidation sites excluding steroid dienone is 2. The minimum Gasteiger partial charge on any atom is -0.329 e. The molecule has 152 valence electrons. The Hall–Kier alpha value is -3.66. The Morgan fingerprint density at radius 2 is 1.61 bits per heavy atom. The third kappa shape index (κ3) is 2.90. The highest BCUT2D eigenvalue weighted by molar-refractivity contribution is 6.01. The molecule has 4 nitrogen and oxygen atoms in total. The third-order valence-corrected chi connectivity index (χ3v) is 6.56. The number of ketones is 1. The van der Waals surface area contributed by atoms with Crippen molar-refractivity contribution in [3.8, 4) is 0 Å². The van der Waals surface area contributed by atoms with Crippen molar-refractivity contribution in [2.24, 2.45) is 0 Å². The lowest BCUT2D eigenvalue weighted by Gasteiger charge is -2.36. The summed E-state index contributed by atoms with van der Waals surface area (Å²) in [4.78, 5) is 18.5. The number of carbonyl (C=O) groups excluding carboxylic acids is 1. The van der Waals surface area contributed by atoms with Gasteiger partial charge in [-0.25, -0.2) is 4.98 Å². The van der Waals surface area contributed by atoms with Crippen molar-refractivity contribution >= 4 is 22.8 Å². The number of Topliss-reactive ketones (excluding diaryl/α,β-unsaturated/α-hetero) is 1. The number of nitrogens with one attached hydrogen (secondary N) is 1. The number of hydrogen-bond donors (Lipinski definition) is 1. The van der Waals surface area contributed by atoms with E-state index in [0.717, 1.165) is 40.2 Å². The Balaban J connectivity index is 1.51. The monoisotopic (exact) mass is 405 g/mol. The minimum absolute atomic E-state index is 0.161. The summed E-state index contributed by atoms with van der Waals surface area (Å²) in [6, 6.07) is 26.9. The van der Waals surface area contributed by atoms with E-state index < -0.39 is 0 Å². The molecular weight excluding hydrogens is 382 g/mol. The summed E-state index contributed by atoms with van der Waals surface area (Å²) in [6.07, 6.45) is 1.35. The molecule has 2 atom stereocenters. The van der Waals surface area contributed by atoms with Crippen molar-refractivity contribution < 1.29 is 4.79 Å². The molecule has 0 spiro atoms. The van der Waals surface area contributed by atoms with Gasteiger partial charge in [0.05, 0.1) is 17.1 Å². The number of imidazole rings is 1. The maximum absolute atomic E-state index is 13.6. The lowest BCUT2D eigenvalue weighted by Crippen LogP contribution is -2.33. The van der Waals surface area contributed by atoms with Crippen LogP contribution in [-0.4, -0.2) is 15.3 Å². The lowest BCUT2D eigenvalue weighted by molar-refractivity contribution is -0.116. The van der Waals surface area contributed by atoms with Crippen LogP contribution in [0.1, 0.15) is 41.5 Å². The van der Waals surface area contributed by atoms with E-state index in [-0.39, 0.29) is 17.7 Å². The molecule has 1 aliphatic heterocycles. The van der Waals surface area contributed by atoms with Crippen LogP contribution in [0.5, 0.6) is 0 Å². The first-order valence-electron chi connectivity index (χ1n) is 10.8. The quantitative estimate of drug-likeness (QED) is 0.461. The maximum atomic E-state index is 13.6. The molecule has 1 N–H and O–H groups in total. The predicted molar refractivity (Wildman–Crippen MR) is 123 cm³/mol. The largest absolute Gasteiger partial charge is 0.329 e. The van der Waals surface area contributed by atoms with Crippen LogP contribution >= 0.6 is 0 Å². The molecule has 2 heterocycles. The summed E-state index contributed by atoms with van der Waals surface area (Å²) < 4.78 is 2.19. The van der Waals surface area contributed by atoms with Gasteiger partial charge in [0.25, 0.3) is 0 Å². The van der Waals surface area contributed by atoms with E-state index >= 15 is 0 Å². The fourth-order valence-corrected chi connectivity index (χ4v) is 5.05. The number of aryl methyl sites for hydroxylation is 1. The van der Waals surface area contributed by atoms with Gasteiger partial charge in [-0.15, -0.1) is 0 Å². The van der Waals surface area contributed by atoms with Gasteiger partial charge in [-0.2, -0.15) is 0 Å². The second-order valence-electron chi connectivity index (χ2n) is 8.56. The van der Waals surface area contributed by atoms with Gasteiger partial charge >= 0.3 is 0 Å². The predicted octanol–water partition coefficient (Wildman–Crippen LogP) is 5.76. The van der Waals surface area contributed by atoms with Gasteiger partial charge in [0.15, 0.2) is 5.78 Å². The third-order valence-electron chi connectivity index (χ3n) is 6.56. The molecule has 6 rings (SSSR count). The number of carbonyl (C=O) groups is 1. The van der Waals surface area contributed by atoms with Crippen LogP contribution in [0.25, 0.3) is 11.0 Å². The standard InChI is InChI=1S/C27H23N3O/c1-17-11-13-18(14-12-17)20-15-22-25(24(31)16-20)26(19-7-3-2-4-8-19)30-23-10-6-5-9-21(23)28-27(30)29-22/h2-14,20,26H,15-16H2,1H3,(H,28,29)/t20-,26-/m0/s1. The average Bonchev–Trinajstić information content (AvgIpc) is 3.16. The van der Waals surface area contributed by atoms with Crippen LogP contribution in [0, 0.1) is 6.92 Å². The summed E-state index contributed by atoms with van der Waals surface area (Å²) >= 11 is 0. The molecule has 0 fully saturated rings. The van der Waals surface area contributed by atoms with Crippen molar-refractivity contribution in [3.63, 3.8) is 0 Å². The smallest absolute Gasteiger partial charge is 0.209 e. The van der Waals surface area contributed by atoms with E-state index in [2.05, 4.69) is 59.3 Å². The lowest BCUT2D eigenvalue weighted by atomic mass is 9.77. The summed E-state index contributed by atoms with van der Waals surface area (Å²) in [6.45, 7) is 2.09. The SMILES string of the molecule is Cc1ccc([C@@H]2CC(=O)C3=C(C2)Nc2nc4ccccc4n2[C@H]3c2ccccc2)cc1. The van der Waals surface area contributed by atoms with Crippen molar-refractivity contribution in [2.45, 2.75) is 31.7 Å². The Labute approximate surface area is 181 Å². The van der Waals surface area contributed by atoms with Gasteiger partial charge < -0.3 is 5.32 Å². The highest BCUT2D eigenvalue weighted by atomic mass is 16.1. The van der Waals surface area contributed by atoms with Gasteiger partial charge in [-0.05, 0) is 42.5 Å². The van der Waals surface area contributed by atoms with E-state index in [1.807, 2.05) is 36.4 Å². The second-order valence-corrected chi connectivity index (χ2v) is 8.56. The first-order chi connectivity index (χ1) is 15.2. The van der Waals surface area contributed by atoms with Crippen LogP contribution < -0.4 is 5.32 Å². The molecule has 0 bridgehead atoms. The number of hydrogen-bond acceptors (Lipinski definition) is 3. The van der Waals surface area contributed by atoms with Crippen LogP contribution in [0.2, 0.25) is 0 Å². The summed E-state index contributed by atoms with van der Waals surface area (Å²) in [7, 11) is 0. The van der Waals surface area contributed by atoms with Gasteiger partial charge in [-0.1, -0.05) is 72.3 Å². The number of rotatable bonds is 2. The minimum atomic E-state index is -0.161. The molecule has 0 amide bonds. The second kappa shape index (κ2) is 6.95. The molecule has 1 aliphatic carbocycles. The Morgan fingerprint density at radius 3 is 2.42 bits per heavy atom. The molecule has 0 saturated heterocycles. The van der Waals surface area contributed by atoms with Crippen LogP contribution in [0.15, 0.2) is 90.1 Å². The molecule has 3 aromatic carbocycles. The molecule has 4 heteroatoms. The number of nitrogens with zero attached hydrogens (tertiary/aromatic N) is 2. The summed E-state index contributed by atoms with van der Waals surface area (Å²) in [5.41, 5.74) is 7.45. The van der Waals surface area contributed by atoms with E-state index in [4.69, 9.17) is 4.98 Å². The van der Waals surface area contributed by atoms with E-state index in [1.54, 1.807) is 0 Å².